The number of aliphatic imine (C=N–C) groups is 1. The standard InChI is InChI=1S/C16H24N4/c1-11(2)19-9-12-13(17)3-4-14(18)15(12)20-8-7-16(10-20)5-6-16/h3-4,9,11H,5-8,10,17-18H2,1-2H3. The molecule has 1 spiro atoms. The molecular formula is C16H24N4. The van der Waals surface area contributed by atoms with Crippen LogP contribution in [0.3, 0.4) is 0 Å². The largest absolute Gasteiger partial charge is 0.398 e. The molecule has 4 heteroatoms. The Kier molecular flexibility index (Phi) is 3.11. The van der Waals surface area contributed by atoms with Crippen LogP contribution in [0.4, 0.5) is 17.1 Å². The highest BCUT2D eigenvalue weighted by atomic mass is 15.2. The van der Waals surface area contributed by atoms with Crippen LogP contribution >= 0.6 is 0 Å². The fraction of sp³-hybridized carbons (Fsp3) is 0.562. The molecule has 2 aliphatic rings. The van der Waals surface area contributed by atoms with Gasteiger partial charge in [0.1, 0.15) is 0 Å². The predicted molar refractivity (Wildman–Crippen MR) is 86.5 cm³/mol. The Bertz CT molecular complexity index is 544. The molecule has 0 unspecified atom stereocenters. The molecule has 0 amide bonds. The maximum absolute atomic E-state index is 6.23. The molecule has 1 saturated heterocycles. The summed E-state index contributed by atoms with van der Waals surface area (Å²) in [6, 6.07) is 4.05. The molecule has 4 nitrogen and oxygen atoms in total. The number of nitrogen functional groups attached to an aromatic ring is 2. The zero-order valence-corrected chi connectivity index (χ0v) is 12.4. The summed E-state index contributed by atoms with van der Waals surface area (Å²) in [5, 5.41) is 0. The van der Waals surface area contributed by atoms with Crippen LogP contribution in [0.5, 0.6) is 0 Å². The quantitative estimate of drug-likeness (QED) is 0.656. The molecule has 108 valence electrons. The van der Waals surface area contributed by atoms with Crippen LogP contribution in [0, 0.1) is 5.41 Å². The first-order valence-corrected chi connectivity index (χ1v) is 7.47. The highest BCUT2D eigenvalue weighted by molar-refractivity contribution is 5.98. The van der Waals surface area contributed by atoms with Gasteiger partial charge in [-0.1, -0.05) is 0 Å². The minimum absolute atomic E-state index is 0.261. The molecule has 0 aromatic heterocycles. The van der Waals surface area contributed by atoms with E-state index in [1.807, 2.05) is 18.3 Å². The molecule has 1 aliphatic heterocycles. The van der Waals surface area contributed by atoms with Crippen LogP contribution in [0.2, 0.25) is 0 Å². The van der Waals surface area contributed by atoms with Crippen molar-refractivity contribution in [1.29, 1.82) is 0 Å². The van der Waals surface area contributed by atoms with E-state index in [0.29, 0.717) is 5.41 Å². The molecule has 3 rings (SSSR count). The van der Waals surface area contributed by atoms with Crippen LogP contribution in [-0.4, -0.2) is 25.3 Å². The monoisotopic (exact) mass is 272 g/mol. The summed E-state index contributed by atoms with van der Waals surface area (Å²) in [5.74, 6) is 0. The summed E-state index contributed by atoms with van der Waals surface area (Å²) in [5.41, 5.74) is 16.6. The lowest BCUT2D eigenvalue weighted by Gasteiger charge is -2.24. The molecule has 2 fully saturated rings. The maximum Gasteiger partial charge on any atom is 0.0710 e. The zero-order valence-electron chi connectivity index (χ0n) is 12.4. The molecule has 1 heterocycles. The number of rotatable bonds is 3. The van der Waals surface area contributed by atoms with Crippen molar-refractivity contribution >= 4 is 23.3 Å². The van der Waals surface area contributed by atoms with Gasteiger partial charge >= 0.3 is 0 Å². The molecule has 0 atom stereocenters. The van der Waals surface area contributed by atoms with Gasteiger partial charge < -0.3 is 16.4 Å². The van der Waals surface area contributed by atoms with Gasteiger partial charge in [-0.2, -0.15) is 0 Å². The lowest BCUT2D eigenvalue weighted by molar-refractivity contribution is 0.581. The van der Waals surface area contributed by atoms with E-state index < -0.39 is 0 Å². The summed E-state index contributed by atoms with van der Waals surface area (Å²) in [7, 11) is 0. The van der Waals surface area contributed by atoms with E-state index in [-0.39, 0.29) is 6.04 Å². The van der Waals surface area contributed by atoms with Crippen molar-refractivity contribution < 1.29 is 0 Å². The average molecular weight is 272 g/mol. The topological polar surface area (TPSA) is 67.6 Å². The summed E-state index contributed by atoms with van der Waals surface area (Å²) < 4.78 is 0. The summed E-state index contributed by atoms with van der Waals surface area (Å²) in [6.45, 7) is 6.32. The summed E-state index contributed by atoms with van der Waals surface area (Å²) >= 11 is 0. The molecule has 1 saturated carbocycles. The highest BCUT2D eigenvalue weighted by Gasteiger charge is 2.48. The Hall–Kier alpha value is -1.71. The van der Waals surface area contributed by atoms with Gasteiger partial charge in [0.05, 0.1) is 11.4 Å². The number of anilines is 3. The highest BCUT2D eigenvalue weighted by Crippen LogP contribution is 2.54. The van der Waals surface area contributed by atoms with Crippen molar-refractivity contribution in [2.24, 2.45) is 10.4 Å². The number of nitrogens with zero attached hydrogens (tertiary/aromatic N) is 2. The normalized spacial score (nSPS) is 20.4. The van der Waals surface area contributed by atoms with Crippen LogP contribution in [0.25, 0.3) is 0 Å². The van der Waals surface area contributed by atoms with Gasteiger partial charge in [0, 0.05) is 36.6 Å². The first-order chi connectivity index (χ1) is 9.51. The number of hydrogen-bond acceptors (Lipinski definition) is 4. The second-order valence-electron chi connectivity index (χ2n) is 6.55. The molecule has 1 aromatic rings. The van der Waals surface area contributed by atoms with Gasteiger partial charge in [-0.05, 0) is 50.7 Å². The first-order valence-electron chi connectivity index (χ1n) is 7.47. The first kappa shape index (κ1) is 13.3. The van der Waals surface area contributed by atoms with E-state index in [4.69, 9.17) is 11.5 Å². The Morgan fingerprint density at radius 1 is 1.20 bits per heavy atom. The molecule has 1 aromatic carbocycles. The molecule has 4 N–H and O–H groups in total. The minimum atomic E-state index is 0.261. The lowest BCUT2D eigenvalue weighted by Crippen LogP contribution is -2.23. The van der Waals surface area contributed by atoms with Crippen molar-refractivity contribution in [2.75, 3.05) is 29.5 Å². The number of hydrogen-bond donors (Lipinski definition) is 2. The smallest absolute Gasteiger partial charge is 0.0710 e. The van der Waals surface area contributed by atoms with Gasteiger partial charge in [0.2, 0.25) is 0 Å². The Labute approximate surface area is 120 Å². The molecule has 0 bridgehead atoms. The fourth-order valence-electron chi connectivity index (χ4n) is 3.06. The SMILES string of the molecule is CC(C)N=Cc1c(N)ccc(N)c1N1CCC2(CC2)C1. The van der Waals surface area contributed by atoms with E-state index in [0.717, 1.165) is 35.7 Å². The van der Waals surface area contributed by atoms with Crippen molar-refractivity contribution in [3.63, 3.8) is 0 Å². The van der Waals surface area contributed by atoms with Gasteiger partial charge in [-0.3, -0.25) is 4.99 Å². The molecular weight excluding hydrogens is 248 g/mol. The third-order valence-electron chi connectivity index (χ3n) is 4.50. The van der Waals surface area contributed by atoms with E-state index >= 15 is 0 Å². The number of nitrogens with two attached hydrogens (primary N) is 2. The van der Waals surface area contributed by atoms with Gasteiger partial charge in [-0.15, -0.1) is 0 Å². The fourth-order valence-corrected chi connectivity index (χ4v) is 3.06. The number of benzene rings is 1. The van der Waals surface area contributed by atoms with Gasteiger partial charge in [0.25, 0.3) is 0 Å². The van der Waals surface area contributed by atoms with E-state index in [2.05, 4.69) is 23.7 Å². The Morgan fingerprint density at radius 3 is 2.50 bits per heavy atom. The third kappa shape index (κ3) is 2.35. The van der Waals surface area contributed by atoms with Crippen LogP contribution in [0.1, 0.15) is 38.7 Å². The Morgan fingerprint density at radius 2 is 1.90 bits per heavy atom. The van der Waals surface area contributed by atoms with Crippen molar-refractivity contribution in [1.82, 2.24) is 0 Å². The van der Waals surface area contributed by atoms with Gasteiger partial charge in [-0.25, -0.2) is 0 Å². The molecule has 0 radical (unpaired) electrons. The van der Waals surface area contributed by atoms with Crippen LogP contribution < -0.4 is 16.4 Å². The van der Waals surface area contributed by atoms with E-state index in [1.165, 1.54) is 19.3 Å². The lowest BCUT2D eigenvalue weighted by atomic mass is 10.1. The van der Waals surface area contributed by atoms with E-state index in [1.54, 1.807) is 0 Å². The zero-order chi connectivity index (χ0) is 14.3. The summed E-state index contributed by atoms with van der Waals surface area (Å²) in [6.07, 6.45) is 5.90. The second kappa shape index (κ2) is 4.69. The third-order valence-corrected chi connectivity index (χ3v) is 4.50. The minimum Gasteiger partial charge on any atom is -0.398 e. The molecule has 1 aliphatic carbocycles. The summed E-state index contributed by atoms with van der Waals surface area (Å²) in [4.78, 5) is 6.90. The average Bonchev–Trinajstić information content (AvgIpc) is 3.01. The Balaban J connectivity index is 1.97. The van der Waals surface area contributed by atoms with Crippen molar-refractivity contribution in [2.45, 2.75) is 39.2 Å². The van der Waals surface area contributed by atoms with E-state index in [9.17, 15) is 0 Å². The predicted octanol–water partition coefficient (Wildman–Crippen LogP) is 2.67. The van der Waals surface area contributed by atoms with Crippen molar-refractivity contribution in [3.05, 3.63) is 17.7 Å². The maximum atomic E-state index is 6.23. The second-order valence-corrected chi connectivity index (χ2v) is 6.55. The molecule has 20 heavy (non-hydrogen) atoms. The van der Waals surface area contributed by atoms with Gasteiger partial charge in [0.15, 0.2) is 0 Å². The van der Waals surface area contributed by atoms with Crippen LogP contribution in [0.15, 0.2) is 17.1 Å². The van der Waals surface area contributed by atoms with Crippen molar-refractivity contribution in [3.8, 4) is 0 Å². The van der Waals surface area contributed by atoms with Crippen LogP contribution in [-0.2, 0) is 0 Å².